The van der Waals surface area contributed by atoms with Crippen LogP contribution in [0, 0.1) is 0 Å². The molecule has 12 heavy (non-hydrogen) atoms. The quantitative estimate of drug-likeness (QED) is 0.553. The van der Waals surface area contributed by atoms with E-state index in [-0.39, 0.29) is 11.7 Å². The summed E-state index contributed by atoms with van der Waals surface area (Å²) in [7, 11) is 0. The van der Waals surface area contributed by atoms with Gasteiger partial charge in [-0.2, -0.15) is 0 Å². The number of amides is 2. The molecule has 0 spiro atoms. The minimum absolute atomic E-state index is 0.0451. The largest absolute Gasteiger partial charge is 0.351 e. The lowest BCUT2D eigenvalue weighted by Crippen LogP contribution is -2.40. The summed E-state index contributed by atoms with van der Waals surface area (Å²) in [6.45, 7) is 1.28. The Kier molecular flexibility index (Phi) is 2.42. The van der Waals surface area contributed by atoms with Crippen molar-refractivity contribution in [2.24, 2.45) is 0 Å². The van der Waals surface area contributed by atoms with Crippen LogP contribution in [0.15, 0.2) is 16.8 Å². The second-order valence-corrected chi connectivity index (χ2v) is 2.01. The third-order valence-corrected chi connectivity index (χ3v) is 1.01. The Morgan fingerprint density at radius 2 is 2.25 bits per heavy atom. The first-order valence-corrected chi connectivity index (χ1v) is 3.18. The molecule has 0 unspecified atom stereocenters. The fraction of sp³-hybridized carbons (Fsp3) is 0.167. The normalized spacial score (nSPS) is 9.08. The maximum absolute atomic E-state index is 11.0. The topological polar surface area (TPSA) is 84.2 Å². The number of carbonyl (C=O) groups is 2. The zero-order chi connectivity index (χ0) is 8.97. The molecule has 0 saturated carbocycles. The highest BCUT2D eigenvalue weighted by Crippen LogP contribution is 1.93. The van der Waals surface area contributed by atoms with Crippen molar-refractivity contribution >= 4 is 11.8 Å². The third kappa shape index (κ3) is 2.08. The molecule has 2 N–H and O–H groups in total. The van der Waals surface area contributed by atoms with Crippen molar-refractivity contribution in [2.75, 3.05) is 0 Å². The van der Waals surface area contributed by atoms with Crippen LogP contribution in [0.1, 0.15) is 17.5 Å². The second-order valence-electron chi connectivity index (χ2n) is 2.01. The van der Waals surface area contributed by atoms with Gasteiger partial charge in [-0.15, -0.1) is 0 Å². The number of hydrogen-bond donors (Lipinski definition) is 2. The maximum Gasteiger partial charge on any atom is 0.308 e. The smallest absolute Gasteiger partial charge is 0.308 e. The van der Waals surface area contributed by atoms with Gasteiger partial charge >= 0.3 is 5.91 Å². The molecule has 0 fully saturated rings. The monoisotopic (exact) mass is 169 g/mol. The number of hydrazine groups is 1. The van der Waals surface area contributed by atoms with E-state index in [0.717, 1.165) is 0 Å². The van der Waals surface area contributed by atoms with Crippen molar-refractivity contribution in [3.05, 3.63) is 18.0 Å². The zero-order valence-corrected chi connectivity index (χ0v) is 6.33. The fourth-order valence-electron chi connectivity index (χ4n) is 0.539. The molecular weight excluding hydrogens is 162 g/mol. The van der Waals surface area contributed by atoms with E-state index in [4.69, 9.17) is 0 Å². The molecule has 0 saturated heterocycles. The minimum atomic E-state index is -0.539. The Balaban J connectivity index is 2.45. The van der Waals surface area contributed by atoms with Crippen LogP contribution in [0.4, 0.5) is 0 Å². The number of hydrogen-bond acceptors (Lipinski definition) is 4. The summed E-state index contributed by atoms with van der Waals surface area (Å²) in [5, 5.41) is 3.32. The molecule has 1 heterocycles. The summed E-state index contributed by atoms with van der Waals surface area (Å²) in [5.74, 6) is -0.852. The van der Waals surface area contributed by atoms with Gasteiger partial charge in [0.1, 0.15) is 0 Å². The Hall–Kier alpha value is -1.85. The predicted molar refractivity (Wildman–Crippen MR) is 37.8 cm³/mol. The van der Waals surface area contributed by atoms with Crippen LogP contribution in [0.5, 0.6) is 0 Å². The first kappa shape index (κ1) is 8.25. The highest BCUT2D eigenvalue weighted by Gasteiger charge is 2.08. The van der Waals surface area contributed by atoms with Gasteiger partial charge in [0.05, 0.1) is 6.20 Å². The highest BCUT2D eigenvalue weighted by molar-refractivity contribution is 5.92. The summed E-state index contributed by atoms with van der Waals surface area (Å²) in [6, 6.07) is 1.39. The van der Waals surface area contributed by atoms with Crippen LogP contribution in [0.3, 0.4) is 0 Å². The van der Waals surface area contributed by atoms with Crippen LogP contribution < -0.4 is 10.9 Å². The summed E-state index contributed by atoms with van der Waals surface area (Å²) >= 11 is 0. The third-order valence-electron chi connectivity index (χ3n) is 1.01. The second kappa shape index (κ2) is 3.51. The lowest BCUT2D eigenvalue weighted by atomic mass is 10.4. The van der Waals surface area contributed by atoms with Gasteiger partial charge in [-0.1, -0.05) is 5.16 Å². The molecule has 1 aromatic rings. The molecule has 1 rings (SSSR count). The molecule has 0 aliphatic heterocycles. The van der Waals surface area contributed by atoms with Gasteiger partial charge in [-0.05, 0) is 0 Å². The van der Waals surface area contributed by atoms with Crippen molar-refractivity contribution in [1.82, 2.24) is 16.0 Å². The van der Waals surface area contributed by atoms with Gasteiger partial charge in [0, 0.05) is 13.0 Å². The fourth-order valence-corrected chi connectivity index (χ4v) is 0.539. The summed E-state index contributed by atoms with van der Waals surface area (Å²) in [6.07, 6.45) is 1.34. The van der Waals surface area contributed by atoms with E-state index in [1.807, 2.05) is 0 Å². The van der Waals surface area contributed by atoms with E-state index < -0.39 is 5.91 Å². The Morgan fingerprint density at radius 3 is 2.75 bits per heavy atom. The van der Waals surface area contributed by atoms with Gasteiger partial charge in [0.2, 0.25) is 11.7 Å². The van der Waals surface area contributed by atoms with Gasteiger partial charge in [0.25, 0.3) is 0 Å². The first-order valence-electron chi connectivity index (χ1n) is 3.18. The molecule has 6 heteroatoms. The molecule has 0 radical (unpaired) electrons. The van der Waals surface area contributed by atoms with Crippen molar-refractivity contribution in [3.63, 3.8) is 0 Å². The van der Waals surface area contributed by atoms with E-state index in [2.05, 4.69) is 20.5 Å². The van der Waals surface area contributed by atoms with E-state index >= 15 is 0 Å². The Morgan fingerprint density at radius 1 is 1.50 bits per heavy atom. The van der Waals surface area contributed by atoms with Crippen molar-refractivity contribution in [3.8, 4) is 0 Å². The molecule has 0 aromatic carbocycles. The first-order chi connectivity index (χ1) is 5.70. The van der Waals surface area contributed by atoms with Crippen molar-refractivity contribution in [1.29, 1.82) is 0 Å². The molecule has 0 atom stereocenters. The van der Waals surface area contributed by atoms with Crippen LogP contribution >= 0.6 is 0 Å². The minimum Gasteiger partial charge on any atom is -0.351 e. The summed E-state index contributed by atoms with van der Waals surface area (Å²) in [4.78, 5) is 21.3. The van der Waals surface area contributed by atoms with Gasteiger partial charge in [-0.3, -0.25) is 20.4 Å². The van der Waals surface area contributed by atoms with E-state index in [1.54, 1.807) is 0 Å². The Bertz CT molecular complexity index is 280. The molecule has 64 valence electrons. The average Bonchev–Trinajstić information content (AvgIpc) is 2.51. The molecular formula is C6H7N3O3. The van der Waals surface area contributed by atoms with Gasteiger partial charge < -0.3 is 4.52 Å². The van der Waals surface area contributed by atoms with Gasteiger partial charge in [-0.25, -0.2) is 0 Å². The number of nitrogens with one attached hydrogen (secondary N) is 2. The standard InChI is InChI=1S/C6H7N3O3/c1-4(10)8-9-6(11)5-2-3-7-12-5/h2-3H,1H3,(H,8,10)(H,9,11). The SMILES string of the molecule is CC(=O)NNC(=O)c1ccno1. The molecule has 0 bridgehead atoms. The average molecular weight is 169 g/mol. The molecule has 0 aliphatic carbocycles. The number of carbonyl (C=O) groups excluding carboxylic acids is 2. The molecule has 1 aromatic heterocycles. The lowest BCUT2D eigenvalue weighted by molar-refractivity contribution is -0.119. The number of rotatable bonds is 1. The van der Waals surface area contributed by atoms with E-state index in [0.29, 0.717) is 0 Å². The Labute approximate surface area is 67.9 Å². The summed E-state index contributed by atoms with van der Waals surface area (Å²) in [5.41, 5.74) is 4.22. The highest BCUT2D eigenvalue weighted by atomic mass is 16.5. The predicted octanol–water partition coefficient (Wildman–Crippen LogP) is -0.545. The molecule has 2 amide bonds. The maximum atomic E-state index is 11.0. The molecule has 6 nitrogen and oxygen atoms in total. The van der Waals surface area contributed by atoms with Crippen molar-refractivity contribution in [2.45, 2.75) is 6.92 Å². The molecule has 0 aliphatic rings. The number of aromatic nitrogens is 1. The van der Waals surface area contributed by atoms with Crippen LogP contribution in [-0.4, -0.2) is 17.0 Å². The zero-order valence-electron chi connectivity index (χ0n) is 6.33. The van der Waals surface area contributed by atoms with Crippen LogP contribution in [0.25, 0.3) is 0 Å². The summed E-state index contributed by atoms with van der Waals surface area (Å²) < 4.78 is 4.51. The van der Waals surface area contributed by atoms with Gasteiger partial charge in [0.15, 0.2) is 0 Å². The van der Waals surface area contributed by atoms with Crippen molar-refractivity contribution < 1.29 is 14.1 Å². The van der Waals surface area contributed by atoms with Crippen LogP contribution in [-0.2, 0) is 4.79 Å². The van der Waals surface area contributed by atoms with E-state index in [1.165, 1.54) is 19.2 Å². The van der Waals surface area contributed by atoms with E-state index in [9.17, 15) is 9.59 Å². The number of nitrogens with zero attached hydrogens (tertiary/aromatic N) is 1. The van der Waals surface area contributed by atoms with Crippen LogP contribution in [0.2, 0.25) is 0 Å². The lowest BCUT2D eigenvalue weighted by Gasteiger charge is -2.00.